The molecule has 1 aliphatic rings. The third-order valence-corrected chi connectivity index (χ3v) is 3.34. The molecule has 1 atom stereocenters. The van der Waals surface area contributed by atoms with Gasteiger partial charge in [-0.25, -0.2) is 0 Å². The lowest BCUT2D eigenvalue weighted by atomic mass is 10.0. The molecule has 3 heteroatoms. The molecule has 3 nitrogen and oxygen atoms in total. The molecule has 2 rings (SSSR count). The zero-order valence-electron chi connectivity index (χ0n) is 11.5. The fourth-order valence-corrected chi connectivity index (χ4v) is 2.39. The van der Waals surface area contributed by atoms with Gasteiger partial charge in [-0.3, -0.25) is 9.69 Å². The Labute approximate surface area is 115 Å². The number of allylic oxidation sites excluding steroid dienone is 1. The Hall–Kier alpha value is -1.61. The van der Waals surface area contributed by atoms with Crippen LogP contribution in [0.1, 0.15) is 24.8 Å². The van der Waals surface area contributed by atoms with Gasteiger partial charge < -0.3 is 5.32 Å². The summed E-state index contributed by atoms with van der Waals surface area (Å²) in [5.41, 5.74) is 1.23. The number of nitrogens with one attached hydrogen (secondary N) is 1. The van der Waals surface area contributed by atoms with Crippen LogP contribution in [0.25, 0.3) is 0 Å². The molecule has 0 radical (unpaired) electrons. The van der Waals surface area contributed by atoms with E-state index in [1.807, 2.05) is 30.1 Å². The van der Waals surface area contributed by atoms with Crippen LogP contribution in [0.4, 0.5) is 0 Å². The Balaban J connectivity index is 1.74. The Morgan fingerprint density at radius 2 is 2.11 bits per heavy atom. The van der Waals surface area contributed by atoms with Crippen molar-refractivity contribution in [1.82, 2.24) is 10.2 Å². The quantitative estimate of drug-likeness (QED) is 0.822. The van der Waals surface area contributed by atoms with Gasteiger partial charge in [0.2, 0.25) is 5.91 Å². The van der Waals surface area contributed by atoms with Gasteiger partial charge in [0.15, 0.2) is 0 Å². The number of hydrogen-bond acceptors (Lipinski definition) is 2. The first kappa shape index (κ1) is 13.8. The molecule has 1 N–H and O–H groups in total. The summed E-state index contributed by atoms with van der Waals surface area (Å²) in [6, 6.07) is 10.5. The monoisotopic (exact) mass is 258 g/mol. The van der Waals surface area contributed by atoms with Gasteiger partial charge in [0.1, 0.15) is 0 Å². The van der Waals surface area contributed by atoms with Gasteiger partial charge in [-0.2, -0.15) is 0 Å². The van der Waals surface area contributed by atoms with E-state index in [4.69, 9.17) is 0 Å². The van der Waals surface area contributed by atoms with Gasteiger partial charge in [-0.15, -0.1) is 0 Å². The zero-order chi connectivity index (χ0) is 13.5. The fourth-order valence-electron chi connectivity index (χ4n) is 2.39. The summed E-state index contributed by atoms with van der Waals surface area (Å²) in [6.07, 6.45) is 7.44. The second-order valence-electron chi connectivity index (χ2n) is 5.21. The molecule has 1 aromatic carbocycles. The van der Waals surface area contributed by atoms with E-state index in [9.17, 15) is 4.79 Å². The summed E-state index contributed by atoms with van der Waals surface area (Å²) in [4.78, 5) is 14.0. The molecule has 1 amide bonds. The standard InChI is InChI=1S/C16H22N2O/c1-18(12-14-8-4-2-5-9-14)13-16(19)17-15-10-6-3-7-11-15/h2-6,8-9,15H,7,10-13H2,1H3,(H,17,19). The van der Waals surface area contributed by atoms with Crippen LogP contribution in [0.5, 0.6) is 0 Å². The summed E-state index contributed by atoms with van der Waals surface area (Å²) in [7, 11) is 1.98. The minimum Gasteiger partial charge on any atom is -0.352 e. The predicted octanol–water partition coefficient (Wildman–Crippen LogP) is 2.34. The van der Waals surface area contributed by atoms with E-state index in [0.717, 1.165) is 25.8 Å². The van der Waals surface area contributed by atoms with Crippen molar-refractivity contribution in [3.05, 3.63) is 48.0 Å². The highest BCUT2D eigenvalue weighted by Gasteiger charge is 2.14. The third-order valence-electron chi connectivity index (χ3n) is 3.34. The Bertz CT molecular complexity index is 428. The number of carbonyl (C=O) groups is 1. The second-order valence-corrected chi connectivity index (χ2v) is 5.21. The van der Waals surface area contributed by atoms with Crippen molar-refractivity contribution in [2.75, 3.05) is 13.6 Å². The Morgan fingerprint density at radius 1 is 1.32 bits per heavy atom. The van der Waals surface area contributed by atoms with Crippen LogP contribution in [-0.4, -0.2) is 30.4 Å². The normalized spacial score (nSPS) is 18.5. The molecule has 19 heavy (non-hydrogen) atoms. The van der Waals surface area contributed by atoms with E-state index >= 15 is 0 Å². The molecule has 0 spiro atoms. The molecule has 0 fully saturated rings. The fraction of sp³-hybridized carbons (Fsp3) is 0.438. The topological polar surface area (TPSA) is 32.3 Å². The van der Waals surface area contributed by atoms with Crippen molar-refractivity contribution in [1.29, 1.82) is 0 Å². The van der Waals surface area contributed by atoms with Crippen molar-refractivity contribution in [3.8, 4) is 0 Å². The molecule has 1 aliphatic carbocycles. The van der Waals surface area contributed by atoms with Gasteiger partial charge in [-0.1, -0.05) is 42.5 Å². The maximum Gasteiger partial charge on any atom is 0.234 e. The van der Waals surface area contributed by atoms with Crippen LogP contribution in [0.2, 0.25) is 0 Å². The Kier molecular flexibility index (Phi) is 5.16. The first-order chi connectivity index (χ1) is 9.24. The van der Waals surface area contributed by atoms with Crippen molar-refractivity contribution in [2.45, 2.75) is 31.8 Å². The number of hydrogen-bond donors (Lipinski definition) is 1. The van der Waals surface area contributed by atoms with E-state index in [1.165, 1.54) is 5.56 Å². The number of likely N-dealkylation sites (N-methyl/N-ethyl adjacent to an activating group) is 1. The minimum absolute atomic E-state index is 0.124. The molecule has 102 valence electrons. The number of nitrogens with zero attached hydrogens (tertiary/aromatic N) is 1. The molecule has 1 aromatic rings. The van der Waals surface area contributed by atoms with E-state index in [-0.39, 0.29) is 5.91 Å². The van der Waals surface area contributed by atoms with Gasteiger partial charge >= 0.3 is 0 Å². The largest absolute Gasteiger partial charge is 0.352 e. The van der Waals surface area contributed by atoms with Gasteiger partial charge in [0.25, 0.3) is 0 Å². The average molecular weight is 258 g/mol. The molecule has 0 aliphatic heterocycles. The Morgan fingerprint density at radius 3 is 2.79 bits per heavy atom. The molecule has 0 heterocycles. The highest BCUT2D eigenvalue weighted by atomic mass is 16.2. The first-order valence-electron chi connectivity index (χ1n) is 6.91. The second kappa shape index (κ2) is 7.10. The van der Waals surface area contributed by atoms with E-state index in [0.29, 0.717) is 12.6 Å². The molecular formula is C16H22N2O. The predicted molar refractivity (Wildman–Crippen MR) is 77.7 cm³/mol. The lowest BCUT2D eigenvalue weighted by Gasteiger charge is -2.22. The van der Waals surface area contributed by atoms with Crippen molar-refractivity contribution in [2.24, 2.45) is 0 Å². The lowest BCUT2D eigenvalue weighted by Crippen LogP contribution is -2.41. The summed E-state index contributed by atoms with van der Waals surface area (Å²) >= 11 is 0. The lowest BCUT2D eigenvalue weighted by molar-refractivity contribution is -0.122. The first-order valence-corrected chi connectivity index (χ1v) is 6.91. The maximum absolute atomic E-state index is 11.9. The van der Waals surface area contributed by atoms with Crippen LogP contribution in [0.15, 0.2) is 42.5 Å². The maximum atomic E-state index is 11.9. The molecule has 0 bridgehead atoms. The van der Waals surface area contributed by atoms with Crippen molar-refractivity contribution in [3.63, 3.8) is 0 Å². The van der Waals surface area contributed by atoms with Crippen LogP contribution in [-0.2, 0) is 11.3 Å². The van der Waals surface area contributed by atoms with E-state index in [2.05, 4.69) is 29.6 Å². The van der Waals surface area contributed by atoms with Crippen LogP contribution in [0, 0.1) is 0 Å². The van der Waals surface area contributed by atoms with Crippen LogP contribution >= 0.6 is 0 Å². The van der Waals surface area contributed by atoms with Crippen molar-refractivity contribution >= 4 is 5.91 Å². The number of carbonyl (C=O) groups excluding carboxylic acids is 1. The molecular weight excluding hydrogens is 236 g/mol. The summed E-state index contributed by atoms with van der Waals surface area (Å²) < 4.78 is 0. The van der Waals surface area contributed by atoms with Gasteiger partial charge in [0.05, 0.1) is 6.54 Å². The van der Waals surface area contributed by atoms with E-state index < -0.39 is 0 Å². The SMILES string of the molecule is CN(CC(=O)NC1CC=CCC1)Cc1ccccc1. The van der Waals surface area contributed by atoms with Crippen molar-refractivity contribution < 1.29 is 4.79 Å². The van der Waals surface area contributed by atoms with Gasteiger partial charge in [-0.05, 0) is 31.9 Å². The smallest absolute Gasteiger partial charge is 0.234 e. The number of benzene rings is 1. The van der Waals surface area contributed by atoms with Crippen LogP contribution in [0.3, 0.4) is 0 Å². The highest BCUT2D eigenvalue weighted by molar-refractivity contribution is 5.78. The summed E-state index contributed by atoms with van der Waals surface area (Å²) in [5.74, 6) is 0.124. The summed E-state index contributed by atoms with van der Waals surface area (Å²) in [6.45, 7) is 1.26. The average Bonchev–Trinajstić information content (AvgIpc) is 2.40. The van der Waals surface area contributed by atoms with E-state index in [1.54, 1.807) is 0 Å². The van der Waals surface area contributed by atoms with Gasteiger partial charge in [0, 0.05) is 12.6 Å². The number of rotatable bonds is 5. The molecule has 0 saturated carbocycles. The van der Waals surface area contributed by atoms with Crippen LogP contribution < -0.4 is 5.32 Å². The molecule has 0 aromatic heterocycles. The molecule has 1 unspecified atom stereocenters. The minimum atomic E-state index is 0.124. The third kappa shape index (κ3) is 4.87. The summed E-state index contributed by atoms with van der Waals surface area (Å²) in [5, 5.41) is 3.10. The zero-order valence-corrected chi connectivity index (χ0v) is 11.5. The highest BCUT2D eigenvalue weighted by Crippen LogP contribution is 2.10. The number of amides is 1. The molecule has 0 saturated heterocycles.